The summed E-state index contributed by atoms with van der Waals surface area (Å²) in [5.74, 6) is -1.73. The summed E-state index contributed by atoms with van der Waals surface area (Å²) in [6.45, 7) is 7.72. The van der Waals surface area contributed by atoms with Gasteiger partial charge in [0.05, 0.1) is 33.9 Å². The first-order valence-corrected chi connectivity index (χ1v) is 8.62. The van der Waals surface area contributed by atoms with Crippen molar-refractivity contribution in [1.82, 2.24) is 0 Å². The molecule has 0 radical (unpaired) electrons. The van der Waals surface area contributed by atoms with E-state index in [9.17, 15) is 14.4 Å². The molecule has 1 fully saturated rings. The Morgan fingerprint density at radius 3 is 2.00 bits per heavy atom. The molecular weight excluding hydrogens is 346 g/mol. The number of nitrogens with zero attached hydrogens (tertiary/aromatic N) is 1. The average molecular weight is 376 g/mol. The zero-order valence-corrected chi connectivity index (χ0v) is 16.4. The van der Waals surface area contributed by atoms with Gasteiger partial charge in [-0.25, -0.2) is 0 Å². The molecule has 9 heteroatoms. The quantitative estimate of drug-likeness (QED) is 0.338. The fourth-order valence-corrected chi connectivity index (χ4v) is 2.43. The van der Waals surface area contributed by atoms with Crippen LogP contribution in [0.4, 0.5) is 0 Å². The second kappa shape index (κ2) is 9.84. The van der Waals surface area contributed by atoms with Crippen LogP contribution in [0.1, 0.15) is 27.7 Å². The molecule has 0 spiro atoms. The Balaban J connectivity index is 2.90. The smallest absolute Gasteiger partial charge is 0.303 e. The van der Waals surface area contributed by atoms with Crippen molar-refractivity contribution in [2.75, 3.05) is 40.4 Å². The Morgan fingerprint density at radius 2 is 1.50 bits per heavy atom. The van der Waals surface area contributed by atoms with Crippen LogP contribution in [0.3, 0.4) is 0 Å². The first-order valence-electron chi connectivity index (χ1n) is 8.62. The second-order valence-corrected chi connectivity index (χ2v) is 6.84. The molecule has 0 aromatic carbocycles. The summed E-state index contributed by atoms with van der Waals surface area (Å²) in [7, 11) is 4.13. The second-order valence-electron chi connectivity index (χ2n) is 6.84. The first kappa shape index (κ1) is 22.3. The number of hydrogen-bond acceptors (Lipinski definition) is 8. The van der Waals surface area contributed by atoms with Gasteiger partial charge in [0.15, 0.2) is 24.6 Å². The molecule has 0 aliphatic carbocycles. The number of esters is 3. The molecule has 1 aliphatic heterocycles. The minimum atomic E-state index is -1.04. The first-order chi connectivity index (χ1) is 12.1. The van der Waals surface area contributed by atoms with Crippen molar-refractivity contribution in [2.24, 2.45) is 0 Å². The largest absolute Gasteiger partial charge is 0.456 e. The van der Waals surface area contributed by atoms with E-state index in [1.165, 1.54) is 20.8 Å². The van der Waals surface area contributed by atoms with Crippen molar-refractivity contribution in [2.45, 2.75) is 52.3 Å². The van der Waals surface area contributed by atoms with Crippen LogP contribution in [0, 0.1) is 0 Å². The molecule has 0 aromatic heterocycles. The van der Waals surface area contributed by atoms with Gasteiger partial charge in [-0.3, -0.25) is 14.4 Å². The maximum absolute atomic E-state index is 11.5. The molecule has 1 rings (SSSR count). The van der Waals surface area contributed by atoms with Crippen LogP contribution in [0.2, 0.25) is 0 Å². The number of rotatable bonds is 8. The maximum Gasteiger partial charge on any atom is 0.303 e. The van der Waals surface area contributed by atoms with Gasteiger partial charge in [0.25, 0.3) is 0 Å². The van der Waals surface area contributed by atoms with Gasteiger partial charge in [0.1, 0.15) is 6.54 Å². The average Bonchev–Trinajstić information content (AvgIpc) is 2.51. The summed E-state index contributed by atoms with van der Waals surface area (Å²) in [6.07, 6.45) is -3.85. The van der Waals surface area contributed by atoms with E-state index in [1.807, 2.05) is 0 Å². The lowest BCUT2D eigenvalue weighted by Crippen LogP contribution is -2.58. The third-order valence-corrected chi connectivity index (χ3v) is 4.14. The van der Waals surface area contributed by atoms with Gasteiger partial charge in [-0.1, -0.05) is 0 Å². The standard InChI is InChI=1S/C17H30NO8/c1-7-18(5,6)8-9-22-17-16(26-13(4)21)15(25-12(3)20)14(10-23-17)24-11(2)19/h14-17H,7-10H2,1-6H3/q+1/t14-,15-,16+,17?/m0/s1. The third-order valence-electron chi connectivity index (χ3n) is 4.14. The molecular formula is C17H30NO8+. The minimum absolute atomic E-state index is 0.0357. The van der Waals surface area contributed by atoms with E-state index in [-0.39, 0.29) is 6.61 Å². The topological polar surface area (TPSA) is 97.4 Å². The summed E-state index contributed by atoms with van der Waals surface area (Å²) < 4.78 is 27.8. The number of ether oxygens (including phenoxy) is 5. The van der Waals surface area contributed by atoms with Crippen LogP contribution in [-0.4, -0.2) is 87.4 Å². The van der Waals surface area contributed by atoms with Crippen molar-refractivity contribution >= 4 is 17.9 Å². The lowest BCUT2D eigenvalue weighted by Gasteiger charge is -2.40. The molecule has 1 saturated heterocycles. The van der Waals surface area contributed by atoms with E-state index in [4.69, 9.17) is 23.7 Å². The molecule has 9 nitrogen and oxygen atoms in total. The molecule has 0 saturated carbocycles. The Kier molecular flexibility index (Phi) is 8.45. The minimum Gasteiger partial charge on any atom is -0.456 e. The summed E-state index contributed by atoms with van der Waals surface area (Å²) in [4.78, 5) is 34.3. The van der Waals surface area contributed by atoms with Crippen LogP contribution < -0.4 is 0 Å². The molecule has 1 aliphatic rings. The van der Waals surface area contributed by atoms with Gasteiger partial charge < -0.3 is 28.2 Å². The van der Waals surface area contributed by atoms with Gasteiger partial charge in [-0.05, 0) is 6.92 Å². The summed E-state index contributed by atoms with van der Waals surface area (Å²) in [6, 6.07) is 0. The fraction of sp³-hybridized carbons (Fsp3) is 0.824. The van der Waals surface area contributed by atoms with Gasteiger partial charge in [-0.15, -0.1) is 0 Å². The highest BCUT2D eigenvalue weighted by Crippen LogP contribution is 2.25. The predicted molar refractivity (Wildman–Crippen MR) is 89.9 cm³/mol. The van der Waals surface area contributed by atoms with Crippen LogP contribution in [0.5, 0.6) is 0 Å². The Morgan fingerprint density at radius 1 is 0.962 bits per heavy atom. The Labute approximate surface area is 154 Å². The predicted octanol–water partition coefficient (Wildman–Crippen LogP) is 0.251. The molecule has 0 bridgehead atoms. The van der Waals surface area contributed by atoms with Gasteiger partial charge in [0.2, 0.25) is 0 Å². The van der Waals surface area contributed by atoms with E-state index in [0.717, 1.165) is 17.6 Å². The van der Waals surface area contributed by atoms with Crippen molar-refractivity contribution in [3.63, 3.8) is 0 Å². The summed E-state index contributed by atoms with van der Waals surface area (Å²) in [5.41, 5.74) is 0. The molecule has 0 aromatic rings. The number of quaternary nitrogens is 1. The highest BCUT2D eigenvalue weighted by molar-refractivity contribution is 5.68. The van der Waals surface area contributed by atoms with Crippen molar-refractivity contribution in [3.05, 3.63) is 0 Å². The Bertz CT molecular complexity index is 507. The van der Waals surface area contributed by atoms with E-state index in [0.29, 0.717) is 6.61 Å². The maximum atomic E-state index is 11.5. The SMILES string of the molecule is CC[N+](C)(C)CCOC1OC[C@H](OC(C)=O)[C@H](OC(C)=O)[C@H]1OC(C)=O. The van der Waals surface area contributed by atoms with E-state index >= 15 is 0 Å². The molecule has 26 heavy (non-hydrogen) atoms. The molecule has 0 amide bonds. The Hall–Kier alpha value is -1.71. The highest BCUT2D eigenvalue weighted by Gasteiger charge is 2.47. The van der Waals surface area contributed by atoms with Gasteiger partial charge in [-0.2, -0.15) is 0 Å². The molecule has 0 N–H and O–H groups in total. The molecule has 150 valence electrons. The molecule has 4 atom stereocenters. The zero-order chi connectivity index (χ0) is 19.9. The lowest BCUT2D eigenvalue weighted by molar-refractivity contribution is -0.889. The van der Waals surface area contributed by atoms with E-state index < -0.39 is 42.5 Å². The van der Waals surface area contributed by atoms with Crippen molar-refractivity contribution < 1.29 is 42.6 Å². The molecule has 1 unspecified atom stereocenters. The van der Waals surface area contributed by atoms with Crippen LogP contribution in [0.25, 0.3) is 0 Å². The van der Waals surface area contributed by atoms with Crippen LogP contribution in [0.15, 0.2) is 0 Å². The number of carbonyl (C=O) groups is 3. The fourth-order valence-electron chi connectivity index (χ4n) is 2.43. The summed E-state index contributed by atoms with van der Waals surface area (Å²) >= 11 is 0. The highest BCUT2D eigenvalue weighted by atomic mass is 16.7. The van der Waals surface area contributed by atoms with E-state index in [2.05, 4.69) is 21.0 Å². The van der Waals surface area contributed by atoms with Crippen LogP contribution >= 0.6 is 0 Å². The number of carbonyl (C=O) groups excluding carboxylic acids is 3. The van der Waals surface area contributed by atoms with Gasteiger partial charge in [0, 0.05) is 20.8 Å². The third kappa shape index (κ3) is 7.27. The van der Waals surface area contributed by atoms with Gasteiger partial charge >= 0.3 is 17.9 Å². The number of hydrogen-bond donors (Lipinski definition) is 0. The zero-order valence-electron chi connectivity index (χ0n) is 16.4. The monoisotopic (exact) mass is 376 g/mol. The number of likely N-dealkylation sites (N-methyl/N-ethyl adjacent to an activating group) is 1. The van der Waals surface area contributed by atoms with E-state index in [1.54, 1.807) is 0 Å². The normalized spacial score (nSPS) is 26.1. The van der Waals surface area contributed by atoms with Crippen molar-refractivity contribution in [1.29, 1.82) is 0 Å². The van der Waals surface area contributed by atoms with Crippen molar-refractivity contribution in [3.8, 4) is 0 Å². The molecule has 1 heterocycles. The van der Waals surface area contributed by atoms with Crippen LogP contribution in [-0.2, 0) is 38.1 Å². The summed E-state index contributed by atoms with van der Waals surface area (Å²) in [5, 5.41) is 0. The lowest BCUT2D eigenvalue weighted by atomic mass is 10.0.